The van der Waals surface area contributed by atoms with Crippen molar-refractivity contribution in [2.45, 2.75) is 129 Å². The highest BCUT2D eigenvalue weighted by molar-refractivity contribution is 5.79. The summed E-state index contributed by atoms with van der Waals surface area (Å²) in [6.07, 6.45) is 24.8. The van der Waals surface area contributed by atoms with Crippen LogP contribution in [0.4, 0.5) is 0 Å². The van der Waals surface area contributed by atoms with E-state index < -0.39 is 11.9 Å². The molecular weight excluding hydrogens is 376 g/mol. The second kappa shape index (κ2) is 22.4. The Bertz CT molecular complexity index is 431. The lowest BCUT2D eigenvalue weighted by Crippen LogP contribution is -2.21. The minimum absolute atomic E-state index is 0.114. The molecule has 1 N–H and O–H groups in total. The number of hydrogen-bond acceptors (Lipinski definition) is 3. The van der Waals surface area contributed by atoms with Crippen LogP contribution in [0.15, 0.2) is 12.2 Å². The number of carbonyl (C=O) groups excluding carboxylic acids is 1. The van der Waals surface area contributed by atoms with Gasteiger partial charge in [0.05, 0.1) is 18.9 Å². The van der Waals surface area contributed by atoms with E-state index in [0.29, 0.717) is 13.0 Å². The second-order valence-electron chi connectivity index (χ2n) is 8.54. The van der Waals surface area contributed by atoms with Gasteiger partial charge >= 0.3 is 11.9 Å². The molecule has 0 aliphatic heterocycles. The van der Waals surface area contributed by atoms with E-state index in [-0.39, 0.29) is 12.4 Å². The first-order valence-electron chi connectivity index (χ1n) is 12.6. The molecule has 4 nitrogen and oxygen atoms in total. The number of carboxylic acids is 1. The van der Waals surface area contributed by atoms with E-state index in [1.54, 1.807) is 0 Å². The molecule has 30 heavy (non-hydrogen) atoms. The van der Waals surface area contributed by atoms with Crippen molar-refractivity contribution >= 4 is 11.9 Å². The Labute approximate surface area is 185 Å². The highest BCUT2D eigenvalue weighted by Gasteiger charge is 2.22. The van der Waals surface area contributed by atoms with Gasteiger partial charge in [-0.25, -0.2) is 0 Å². The molecule has 0 spiro atoms. The Morgan fingerprint density at radius 1 is 0.733 bits per heavy atom. The van der Waals surface area contributed by atoms with Crippen molar-refractivity contribution in [3.8, 4) is 0 Å². The highest BCUT2D eigenvalue weighted by Crippen LogP contribution is 2.18. The lowest BCUT2D eigenvalue weighted by atomic mass is 9.97. The zero-order valence-corrected chi connectivity index (χ0v) is 19.8. The molecule has 0 saturated heterocycles. The maximum atomic E-state index is 12.0. The molecule has 0 aromatic heterocycles. The van der Waals surface area contributed by atoms with Gasteiger partial charge in [-0.15, -0.1) is 0 Å². The summed E-state index contributed by atoms with van der Waals surface area (Å²) >= 11 is 0. The van der Waals surface area contributed by atoms with E-state index >= 15 is 0 Å². The molecule has 0 fully saturated rings. The van der Waals surface area contributed by atoms with Crippen molar-refractivity contribution in [1.82, 2.24) is 0 Å². The Morgan fingerprint density at radius 2 is 1.23 bits per heavy atom. The van der Waals surface area contributed by atoms with Gasteiger partial charge in [-0.3, -0.25) is 9.59 Å². The molecule has 0 aromatic carbocycles. The van der Waals surface area contributed by atoms with Crippen LogP contribution in [0.1, 0.15) is 129 Å². The first kappa shape index (κ1) is 28.7. The Balaban J connectivity index is 3.50. The van der Waals surface area contributed by atoms with E-state index in [0.717, 1.165) is 19.3 Å². The molecule has 176 valence electrons. The number of carboxylic acid groups (broad SMARTS) is 1. The number of hydrogen-bond donors (Lipinski definition) is 1. The number of ether oxygens (including phenoxy) is 1. The van der Waals surface area contributed by atoms with Crippen molar-refractivity contribution < 1.29 is 19.4 Å². The largest absolute Gasteiger partial charge is 0.481 e. The normalized spacial score (nSPS) is 12.3. The summed E-state index contributed by atoms with van der Waals surface area (Å²) in [7, 11) is 0. The van der Waals surface area contributed by atoms with Crippen LogP contribution in [0.5, 0.6) is 0 Å². The van der Waals surface area contributed by atoms with E-state index in [9.17, 15) is 9.59 Å². The zero-order valence-electron chi connectivity index (χ0n) is 19.8. The molecule has 0 saturated carbocycles. The van der Waals surface area contributed by atoms with Crippen molar-refractivity contribution in [2.24, 2.45) is 5.92 Å². The predicted octanol–water partition coefficient (Wildman–Crippen LogP) is 7.85. The zero-order chi connectivity index (χ0) is 22.3. The SMILES string of the molecule is CCCCC/C=C/CCCCCCCCCCCCC(CC(=O)O)C(=O)OCCC. The fourth-order valence-corrected chi connectivity index (χ4v) is 3.65. The minimum atomic E-state index is -0.920. The van der Waals surface area contributed by atoms with Gasteiger partial charge in [0, 0.05) is 0 Å². The first-order chi connectivity index (χ1) is 14.6. The van der Waals surface area contributed by atoms with Crippen LogP contribution in [0, 0.1) is 5.92 Å². The average molecular weight is 425 g/mol. The standard InChI is InChI=1S/C26H48O4/c1-3-5-6-7-8-9-10-11-12-13-14-15-16-17-18-19-20-21-24(23-25(27)28)26(29)30-22-4-2/h8-9,24H,3-7,10-23H2,1-2H3,(H,27,28)/b9-8+. The topological polar surface area (TPSA) is 63.6 Å². The number of aliphatic carboxylic acids is 1. The Kier molecular flexibility index (Phi) is 21.4. The van der Waals surface area contributed by atoms with Crippen molar-refractivity contribution in [3.05, 3.63) is 12.2 Å². The van der Waals surface area contributed by atoms with Crippen LogP contribution >= 0.6 is 0 Å². The third-order valence-corrected chi connectivity index (χ3v) is 5.52. The van der Waals surface area contributed by atoms with Crippen LogP contribution in [0.2, 0.25) is 0 Å². The molecule has 1 atom stereocenters. The molecule has 4 heteroatoms. The molecule has 0 aliphatic carbocycles. The molecule has 0 rings (SSSR count). The first-order valence-corrected chi connectivity index (χ1v) is 12.6. The molecule has 0 amide bonds. The van der Waals surface area contributed by atoms with Gasteiger partial charge in [0.2, 0.25) is 0 Å². The fourth-order valence-electron chi connectivity index (χ4n) is 3.65. The van der Waals surface area contributed by atoms with Gasteiger partial charge in [-0.2, -0.15) is 0 Å². The number of rotatable bonds is 22. The number of esters is 1. The van der Waals surface area contributed by atoms with Crippen molar-refractivity contribution in [1.29, 1.82) is 0 Å². The fraction of sp³-hybridized carbons (Fsp3) is 0.846. The molecule has 0 radical (unpaired) electrons. The molecule has 0 aromatic rings. The molecule has 0 bridgehead atoms. The second-order valence-corrected chi connectivity index (χ2v) is 8.54. The molecule has 1 unspecified atom stereocenters. The highest BCUT2D eigenvalue weighted by atomic mass is 16.5. The minimum Gasteiger partial charge on any atom is -0.481 e. The third kappa shape index (κ3) is 20.0. The monoisotopic (exact) mass is 424 g/mol. The number of unbranched alkanes of at least 4 members (excludes halogenated alkanes) is 13. The van der Waals surface area contributed by atoms with Gasteiger partial charge in [-0.05, 0) is 38.5 Å². The van der Waals surface area contributed by atoms with Crippen molar-refractivity contribution in [2.75, 3.05) is 6.61 Å². The summed E-state index contributed by atoms with van der Waals surface area (Å²) in [4.78, 5) is 22.9. The average Bonchev–Trinajstić information content (AvgIpc) is 2.73. The van der Waals surface area contributed by atoms with Crippen LogP contribution in [0.3, 0.4) is 0 Å². The number of allylic oxidation sites excluding steroid dienone is 2. The number of carbonyl (C=O) groups is 2. The van der Waals surface area contributed by atoms with Gasteiger partial charge in [0.1, 0.15) is 0 Å². The smallest absolute Gasteiger partial charge is 0.309 e. The van der Waals surface area contributed by atoms with Crippen LogP contribution in [0.25, 0.3) is 0 Å². The predicted molar refractivity (Wildman–Crippen MR) is 126 cm³/mol. The van der Waals surface area contributed by atoms with Gasteiger partial charge in [0.25, 0.3) is 0 Å². The molecular formula is C26H48O4. The lowest BCUT2D eigenvalue weighted by molar-refractivity contribution is -0.153. The lowest BCUT2D eigenvalue weighted by Gasteiger charge is -2.13. The Hall–Kier alpha value is -1.32. The summed E-state index contributed by atoms with van der Waals surface area (Å²) in [5, 5.41) is 8.99. The van der Waals surface area contributed by atoms with Crippen LogP contribution in [-0.2, 0) is 14.3 Å². The molecule has 0 aliphatic rings. The van der Waals surface area contributed by atoms with Gasteiger partial charge in [-0.1, -0.05) is 96.6 Å². The van der Waals surface area contributed by atoms with E-state index in [2.05, 4.69) is 19.1 Å². The van der Waals surface area contributed by atoms with Gasteiger partial charge in [0.15, 0.2) is 0 Å². The summed E-state index contributed by atoms with van der Waals surface area (Å²) in [5.41, 5.74) is 0. The quantitative estimate of drug-likeness (QED) is 0.109. The summed E-state index contributed by atoms with van der Waals surface area (Å²) < 4.78 is 5.13. The summed E-state index contributed by atoms with van der Waals surface area (Å²) in [6.45, 7) is 4.57. The van der Waals surface area contributed by atoms with Gasteiger partial charge < -0.3 is 9.84 Å². The van der Waals surface area contributed by atoms with Crippen LogP contribution in [-0.4, -0.2) is 23.7 Å². The summed E-state index contributed by atoms with van der Waals surface area (Å²) in [6, 6.07) is 0. The van der Waals surface area contributed by atoms with E-state index in [1.807, 2.05) is 6.92 Å². The van der Waals surface area contributed by atoms with E-state index in [1.165, 1.54) is 83.5 Å². The third-order valence-electron chi connectivity index (χ3n) is 5.52. The maximum absolute atomic E-state index is 12.0. The molecule has 0 heterocycles. The van der Waals surface area contributed by atoms with E-state index in [4.69, 9.17) is 9.84 Å². The summed E-state index contributed by atoms with van der Waals surface area (Å²) in [5.74, 6) is -1.75. The Morgan fingerprint density at radius 3 is 1.73 bits per heavy atom. The maximum Gasteiger partial charge on any atom is 0.309 e. The van der Waals surface area contributed by atoms with Crippen LogP contribution < -0.4 is 0 Å². The van der Waals surface area contributed by atoms with Crippen molar-refractivity contribution in [3.63, 3.8) is 0 Å².